The average molecular weight is 266 g/mol. The van der Waals surface area contributed by atoms with E-state index in [0.29, 0.717) is 24.1 Å². The van der Waals surface area contributed by atoms with E-state index >= 15 is 0 Å². The van der Waals surface area contributed by atoms with Crippen LogP contribution in [0.4, 0.5) is 11.4 Å². The van der Waals surface area contributed by atoms with Crippen LogP contribution >= 0.6 is 0 Å². The van der Waals surface area contributed by atoms with Crippen LogP contribution in [0.15, 0.2) is 12.1 Å². The summed E-state index contributed by atoms with van der Waals surface area (Å²) in [5.41, 5.74) is 0.488. The van der Waals surface area contributed by atoms with Crippen LogP contribution in [0.25, 0.3) is 0 Å². The summed E-state index contributed by atoms with van der Waals surface area (Å²) in [4.78, 5) is 21.3. The predicted molar refractivity (Wildman–Crippen MR) is 67.4 cm³/mol. The molecular formula is C12H14N2O5. The third kappa shape index (κ3) is 2.65. The van der Waals surface area contributed by atoms with Crippen molar-refractivity contribution in [2.75, 3.05) is 5.32 Å². The van der Waals surface area contributed by atoms with Crippen LogP contribution in [-0.4, -0.2) is 33.3 Å². The zero-order valence-electron chi connectivity index (χ0n) is 10.3. The van der Waals surface area contributed by atoms with Crippen molar-refractivity contribution in [3.05, 3.63) is 33.4 Å². The van der Waals surface area contributed by atoms with Crippen molar-refractivity contribution in [1.82, 2.24) is 0 Å². The minimum Gasteiger partial charge on any atom is -0.478 e. The Kier molecular flexibility index (Phi) is 3.39. The highest BCUT2D eigenvalue weighted by atomic mass is 16.6. The molecule has 19 heavy (non-hydrogen) atoms. The zero-order chi connectivity index (χ0) is 14.2. The molecule has 0 aromatic heterocycles. The number of carboxylic acid groups (broad SMARTS) is 1. The van der Waals surface area contributed by atoms with Crippen molar-refractivity contribution in [3.8, 4) is 0 Å². The number of nitro groups is 1. The molecule has 3 N–H and O–H groups in total. The number of benzene rings is 1. The van der Waals surface area contributed by atoms with Crippen LogP contribution < -0.4 is 5.32 Å². The summed E-state index contributed by atoms with van der Waals surface area (Å²) in [6.07, 6.45) is 0.769. The van der Waals surface area contributed by atoms with Crippen molar-refractivity contribution >= 4 is 17.3 Å². The molecule has 0 atom stereocenters. The van der Waals surface area contributed by atoms with E-state index in [-0.39, 0.29) is 23.4 Å². The van der Waals surface area contributed by atoms with Crippen LogP contribution in [0.3, 0.4) is 0 Å². The molecule has 0 radical (unpaired) electrons. The SMILES string of the molecule is Cc1c(NC2CC(O)C2)cc(C(=O)O)cc1[N+](=O)[O-]. The van der Waals surface area contributed by atoms with E-state index in [1.54, 1.807) is 6.92 Å². The normalized spacial score (nSPS) is 21.6. The maximum atomic E-state index is 11.0. The molecule has 0 bridgehead atoms. The number of hydrogen-bond acceptors (Lipinski definition) is 5. The fourth-order valence-electron chi connectivity index (χ4n) is 2.09. The lowest BCUT2D eigenvalue weighted by Crippen LogP contribution is -2.39. The first-order valence-electron chi connectivity index (χ1n) is 5.85. The van der Waals surface area contributed by atoms with Gasteiger partial charge in [-0.05, 0) is 25.8 Å². The molecule has 1 aliphatic carbocycles. The average Bonchev–Trinajstić information content (AvgIpc) is 2.28. The van der Waals surface area contributed by atoms with E-state index in [2.05, 4.69) is 5.32 Å². The maximum absolute atomic E-state index is 11.0. The second-order valence-corrected chi connectivity index (χ2v) is 4.70. The number of carboxylic acids is 1. The maximum Gasteiger partial charge on any atom is 0.336 e. The number of carbonyl (C=O) groups is 1. The standard InChI is InChI=1S/C12H14N2O5/c1-6-10(13-8-4-9(15)5-8)2-7(12(16)17)3-11(6)14(18)19/h2-3,8-9,13,15H,4-5H2,1H3,(H,16,17). The molecular weight excluding hydrogens is 252 g/mol. The highest BCUT2D eigenvalue weighted by Gasteiger charge is 2.28. The Hall–Kier alpha value is -2.15. The molecule has 1 fully saturated rings. The van der Waals surface area contributed by atoms with E-state index in [4.69, 9.17) is 5.11 Å². The second kappa shape index (κ2) is 4.85. The third-order valence-corrected chi connectivity index (χ3v) is 3.30. The van der Waals surface area contributed by atoms with Gasteiger partial charge in [0, 0.05) is 23.4 Å². The molecule has 102 valence electrons. The van der Waals surface area contributed by atoms with Crippen LogP contribution in [0.1, 0.15) is 28.8 Å². The fraction of sp³-hybridized carbons (Fsp3) is 0.417. The first-order chi connectivity index (χ1) is 8.88. The Morgan fingerprint density at radius 3 is 2.58 bits per heavy atom. The van der Waals surface area contributed by atoms with Crippen LogP contribution in [0, 0.1) is 17.0 Å². The Morgan fingerprint density at radius 1 is 1.47 bits per heavy atom. The van der Waals surface area contributed by atoms with Crippen LogP contribution in [0.2, 0.25) is 0 Å². The topological polar surface area (TPSA) is 113 Å². The number of nitro benzene ring substituents is 1. The molecule has 1 saturated carbocycles. The van der Waals surface area contributed by atoms with Gasteiger partial charge in [-0.2, -0.15) is 0 Å². The van der Waals surface area contributed by atoms with Gasteiger partial charge in [0.2, 0.25) is 0 Å². The number of anilines is 1. The van der Waals surface area contributed by atoms with E-state index < -0.39 is 10.9 Å². The van der Waals surface area contributed by atoms with Gasteiger partial charge in [-0.15, -0.1) is 0 Å². The van der Waals surface area contributed by atoms with Crippen molar-refractivity contribution in [2.45, 2.75) is 31.9 Å². The number of aliphatic hydroxyl groups is 1. The lowest BCUT2D eigenvalue weighted by atomic mass is 9.89. The Bertz CT molecular complexity index is 537. The highest BCUT2D eigenvalue weighted by molar-refractivity contribution is 5.90. The quantitative estimate of drug-likeness (QED) is 0.562. The second-order valence-electron chi connectivity index (χ2n) is 4.70. The summed E-state index contributed by atoms with van der Waals surface area (Å²) in [6, 6.07) is 2.46. The van der Waals surface area contributed by atoms with Crippen molar-refractivity contribution in [2.24, 2.45) is 0 Å². The number of hydrogen-bond donors (Lipinski definition) is 3. The lowest BCUT2D eigenvalue weighted by molar-refractivity contribution is -0.385. The molecule has 7 heteroatoms. The van der Waals surface area contributed by atoms with Gasteiger partial charge in [-0.25, -0.2) is 4.79 Å². The van der Waals surface area contributed by atoms with Crippen LogP contribution in [-0.2, 0) is 0 Å². The Labute approximate surface area is 109 Å². The van der Waals surface area contributed by atoms with Gasteiger partial charge in [0.1, 0.15) is 0 Å². The molecule has 0 aliphatic heterocycles. The van der Waals surface area contributed by atoms with Gasteiger partial charge in [0.05, 0.1) is 16.6 Å². The molecule has 0 spiro atoms. The summed E-state index contributed by atoms with van der Waals surface area (Å²) in [5.74, 6) is -1.21. The summed E-state index contributed by atoms with van der Waals surface area (Å²) < 4.78 is 0. The first kappa shape index (κ1) is 13.3. The monoisotopic (exact) mass is 266 g/mol. The molecule has 1 aromatic carbocycles. The minimum atomic E-state index is -1.21. The van der Waals surface area contributed by atoms with Crippen molar-refractivity contribution < 1.29 is 19.9 Å². The van der Waals surface area contributed by atoms with Gasteiger partial charge in [0.15, 0.2) is 0 Å². The number of aliphatic hydroxyl groups excluding tert-OH is 1. The lowest BCUT2D eigenvalue weighted by Gasteiger charge is -2.33. The molecule has 7 nitrogen and oxygen atoms in total. The number of rotatable bonds is 4. The van der Waals surface area contributed by atoms with Gasteiger partial charge in [-0.3, -0.25) is 10.1 Å². The van der Waals surface area contributed by atoms with Gasteiger partial charge in [-0.1, -0.05) is 0 Å². The Balaban J connectivity index is 2.35. The number of aromatic carboxylic acids is 1. The molecule has 0 amide bonds. The molecule has 0 unspecified atom stereocenters. The summed E-state index contributed by atoms with van der Waals surface area (Å²) >= 11 is 0. The van der Waals surface area contributed by atoms with E-state index in [1.165, 1.54) is 6.07 Å². The molecule has 0 heterocycles. The van der Waals surface area contributed by atoms with Crippen LogP contribution in [0.5, 0.6) is 0 Å². The predicted octanol–water partition coefficient (Wildman–Crippen LogP) is 1.54. The zero-order valence-corrected chi connectivity index (χ0v) is 10.3. The summed E-state index contributed by atoms with van der Waals surface area (Å²) in [5, 5.41) is 32.1. The van der Waals surface area contributed by atoms with Crippen molar-refractivity contribution in [3.63, 3.8) is 0 Å². The number of nitrogens with one attached hydrogen (secondary N) is 1. The molecule has 0 saturated heterocycles. The van der Waals surface area contributed by atoms with Gasteiger partial charge < -0.3 is 15.5 Å². The van der Waals surface area contributed by atoms with E-state index in [1.807, 2.05) is 0 Å². The third-order valence-electron chi connectivity index (χ3n) is 3.30. The van der Waals surface area contributed by atoms with Gasteiger partial charge in [0.25, 0.3) is 5.69 Å². The smallest absolute Gasteiger partial charge is 0.336 e. The number of nitrogens with zero attached hydrogens (tertiary/aromatic N) is 1. The van der Waals surface area contributed by atoms with E-state index in [9.17, 15) is 20.0 Å². The Morgan fingerprint density at radius 2 is 2.11 bits per heavy atom. The highest BCUT2D eigenvalue weighted by Crippen LogP contribution is 2.31. The fourth-order valence-corrected chi connectivity index (χ4v) is 2.09. The van der Waals surface area contributed by atoms with Crippen molar-refractivity contribution in [1.29, 1.82) is 0 Å². The molecule has 1 aliphatic rings. The van der Waals surface area contributed by atoms with E-state index in [0.717, 1.165) is 6.07 Å². The van der Waals surface area contributed by atoms with Gasteiger partial charge >= 0.3 is 5.97 Å². The largest absolute Gasteiger partial charge is 0.478 e. The minimum absolute atomic E-state index is 0.0253. The summed E-state index contributed by atoms with van der Waals surface area (Å²) in [7, 11) is 0. The summed E-state index contributed by atoms with van der Waals surface area (Å²) in [6.45, 7) is 1.57. The molecule has 2 rings (SSSR count). The molecule has 1 aromatic rings. The first-order valence-corrected chi connectivity index (χ1v) is 5.85.